The number of nitrogens with one attached hydrogen (secondary N) is 1. The Bertz CT molecular complexity index is 494. The van der Waals surface area contributed by atoms with Crippen LogP contribution < -0.4 is 10.5 Å². The number of anilines is 1. The van der Waals surface area contributed by atoms with Gasteiger partial charge in [0.1, 0.15) is 10.7 Å². The highest BCUT2D eigenvalue weighted by atomic mass is 32.2. The van der Waals surface area contributed by atoms with Crippen molar-refractivity contribution in [3.05, 3.63) is 18.3 Å². The standard InChI is InChI=1S/C10H15N3O3S/c11-9-3-2-8(6-12-9)17(15,16)13-7-10(14)4-1-5-10/h2-3,6,13-14H,1,4-5,7H2,(H2,11,12). The third-order valence-corrected chi connectivity index (χ3v) is 4.33. The average molecular weight is 257 g/mol. The third-order valence-electron chi connectivity index (χ3n) is 2.95. The maximum Gasteiger partial charge on any atom is 0.242 e. The van der Waals surface area contributed by atoms with E-state index in [1.54, 1.807) is 0 Å². The van der Waals surface area contributed by atoms with Gasteiger partial charge in [0.05, 0.1) is 5.60 Å². The van der Waals surface area contributed by atoms with Crippen molar-refractivity contribution in [3.8, 4) is 0 Å². The minimum absolute atomic E-state index is 0.0414. The summed E-state index contributed by atoms with van der Waals surface area (Å²) in [6, 6.07) is 2.81. The smallest absolute Gasteiger partial charge is 0.242 e. The zero-order valence-corrected chi connectivity index (χ0v) is 10.1. The van der Waals surface area contributed by atoms with E-state index < -0.39 is 15.6 Å². The van der Waals surface area contributed by atoms with E-state index in [1.165, 1.54) is 18.3 Å². The Hall–Kier alpha value is -1.18. The molecule has 1 fully saturated rings. The molecule has 4 N–H and O–H groups in total. The van der Waals surface area contributed by atoms with Crippen LogP contribution in [-0.2, 0) is 10.0 Å². The van der Waals surface area contributed by atoms with Gasteiger partial charge in [-0.3, -0.25) is 0 Å². The highest BCUT2D eigenvalue weighted by molar-refractivity contribution is 7.89. The topological polar surface area (TPSA) is 105 Å². The molecule has 6 nitrogen and oxygen atoms in total. The van der Waals surface area contributed by atoms with Crippen LogP contribution in [0.1, 0.15) is 19.3 Å². The lowest BCUT2D eigenvalue weighted by molar-refractivity contribution is -0.0270. The van der Waals surface area contributed by atoms with E-state index in [0.29, 0.717) is 12.8 Å². The number of nitrogens with zero attached hydrogens (tertiary/aromatic N) is 1. The van der Waals surface area contributed by atoms with Crippen molar-refractivity contribution in [2.75, 3.05) is 12.3 Å². The first kappa shape index (κ1) is 12.3. The molecule has 7 heteroatoms. The Balaban J connectivity index is 2.06. The summed E-state index contributed by atoms with van der Waals surface area (Å²) in [6.45, 7) is 0.0414. The number of nitrogens with two attached hydrogens (primary N) is 1. The van der Waals surface area contributed by atoms with Crippen LogP contribution in [0.2, 0.25) is 0 Å². The fourth-order valence-electron chi connectivity index (χ4n) is 1.63. The summed E-state index contributed by atoms with van der Waals surface area (Å²) in [5, 5.41) is 9.80. The van der Waals surface area contributed by atoms with Gasteiger partial charge in [0.15, 0.2) is 0 Å². The van der Waals surface area contributed by atoms with Crippen molar-refractivity contribution in [3.63, 3.8) is 0 Å². The fourth-order valence-corrected chi connectivity index (χ4v) is 2.69. The zero-order valence-electron chi connectivity index (χ0n) is 9.26. The maximum atomic E-state index is 11.8. The number of aliphatic hydroxyl groups is 1. The zero-order chi connectivity index (χ0) is 12.5. The molecule has 2 rings (SSSR count). The van der Waals surface area contributed by atoms with Crippen molar-refractivity contribution in [2.24, 2.45) is 0 Å². The molecule has 0 aromatic carbocycles. The van der Waals surface area contributed by atoms with Crippen molar-refractivity contribution in [2.45, 2.75) is 29.8 Å². The summed E-state index contributed by atoms with van der Waals surface area (Å²) in [4.78, 5) is 3.77. The Kier molecular flexibility index (Phi) is 3.07. The summed E-state index contributed by atoms with van der Waals surface area (Å²) in [5.74, 6) is 0.265. The van der Waals surface area contributed by atoms with E-state index in [9.17, 15) is 13.5 Å². The molecule has 17 heavy (non-hydrogen) atoms. The molecule has 0 bridgehead atoms. The molecule has 0 spiro atoms. The van der Waals surface area contributed by atoms with Gasteiger partial charge in [-0.05, 0) is 31.4 Å². The molecule has 0 saturated heterocycles. The summed E-state index contributed by atoms with van der Waals surface area (Å²) >= 11 is 0. The number of rotatable bonds is 4. The van der Waals surface area contributed by atoms with Gasteiger partial charge in [-0.25, -0.2) is 18.1 Å². The first-order valence-corrected chi connectivity index (χ1v) is 6.83. The van der Waals surface area contributed by atoms with Gasteiger partial charge in [0.2, 0.25) is 10.0 Å². The molecule has 1 heterocycles. The van der Waals surface area contributed by atoms with Gasteiger partial charge in [0, 0.05) is 12.7 Å². The second-order valence-electron chi connectivity index (χ2n) is 4.32. The Morgan fingerprint density at radius 3 is 2.65 bits per heavy atom. The number of pyridine rings is 1. The van der Waals surface area contributed by atoms with Gasteiger partial charge >= 0.3 is 0 Å². The molecule has 1 aliphatic carbocycles. The van der Waals surface area contributed by atoms with Gasteiger partial charge in [0.25, 0.3) is 0 Å². The van der Waals surface area contributed by atoms with Crippen LogP contribution in [0.3, 0.4) is 0 Å². The maximum absolute atomic E-state index is 11.8. The van der Waals surface area contributed by atoms with Crippen molar-refractivity contribution in [1.82, 2.24) is 9.71 Å². The highest BCUT2D eigenvalue weighted by Gasteiger charge is 2.35. The minimum Gasteiger partial charge on any atom is -0.389 e. The SMILES string of the molecule is Nc1ccc(S(=O)(=O)NCC2(O)CCC2)cn1. The molecule has 1 saturated carbocycles. The van der Waals surface area contributed by atoms with E-state index >= 15 is 0 Å². The lowest BCUT2D eigenvalue weighted by Gasteiger charge is -2.36. The predicted octanol–water partition coefficient (Wildman–Crippen LogP) is -0.143. The third kappa shape index (κ3) is 2.74. The lowest BCUT2D eigenvalue weighted by atomic mass is 9.81. The van der Waals surface area contributed by atoms with Crippen LogP contribution in [0.15, 0.2) is 23.2 Å². The number of aromatic nitrogens is 1. The highest BCUT2D eigenvalue weighted by Crippen LogP contribution is 2.30. The van der Waals surface area contributed by atoms with Gasteiger partial charge in [-0.1, -0.05) is 0 Å². The van der Waals surface area contributed by atoms with Crippen LogP contribution in [-0.4, -0.2) is 30.7 Å². The van der Waals surface area contributed by atoms with Crippen molar-refractivity contribution < 1.29 is 13.5 Å². The molecule has 0 radical (unpaired) electrons. The molecular formula is C10H15N3O3S. The van der Waals surface area contributed by atoms with Gasteiger partial charge in [-0.15, -0.1) is 0 Å². The molecule has 1 aliphatic rings. The van der Waals surface area contributed by atoms with Crippen LogP contribution in [0.4, 0.5) is 5.82 Å². The Labute approximate surface area is 99.9 Å². The Morgan fingerprint density at radius 2 is 2.18 bits per heavy atom. The minimum atomic E-state index is -3.61. The van der Waals surface area contributed by atoms with Crippen LogP contribution in [0.5, 0.6) is 0 Å². The number of sulfonamides is 1. The quantitative estimate of drug-likeness (QED) is 0.696. The fraction of sp³-hybridized carbons (Fsp3) is 0.500. The van der Waals surface area contributed by atoms with Crippen LogP contribution >= 0.6 is 0 Å². The molecule has 0 aliphatic heterocycles. The first-order valence-electron chi connectivity index (χ1n) is 5.35. The number of hydrogen-bond acceptors (Lipinski definition) is 5. The van der Waals surface area contributed by atoms with E-state index in [1.807, 2.05) is 0 Å². The second-order valence-corrected chi connectivity index (χ2v) is 6.09. The van der Waals surface area contributed by atoms with E-state index in [0.717, 1.165) is 6.42 Å². The largest absolute Gasteiger partial charge is 0.389 e. The molecule has 1 aromatic rings. The summed E-state index contributed by atoms with van der Waals surface area (Å²) in [7, 11) is -3.61. The summed E-state index contributed by atoms with van der Waals surface area (Å²) in [5.41, 5.74) is 4.50. The first-order chi connectivity index (χ1) is 7.91. The molecule has 0 atom stereocenters. The van der Waals surface area contributed by atoms with Gasteiger partial charge < -0.3 is 10.8 Å². The molecule has 0 unspecified atom stereocenters. The van der Waals surface area contributed by atoms with Crippen molar-refractivity contribution >= 4 is 15.8 Å². The molecule has 1 aromatic heterocycles. The van der Waals surface area contributed by atoms with Gasteiger partial charge in [-0.2, -0.15) is 0 Å². The van der Waals surface area contributed by atoms with Crippen LogP contribution in [0.25, 0.3) is 0 Å². The predicted molar refractivity (Wildman–Crippen MR) is 62.6 cm³/mol. The summed E-state index contributed by atoms with van der Waals surface area (Å²) < 4.78 is 26.0. The molecular weight excluding hydrogens is 242 g/mol. The normalized spacial score (nSPS) is 18.6. The number of hydrogen-bond donors (Lipinski definition) is 3. The van der Waals surface area contributed by atoms with Crippen molar-refractivity contribution in [1.29, 1.82) is 0 Å². The lowest BCUT2D eigenvalue weighted by Crippen LogP contribution is -2.47. The van der Waals surface area contributed by atoms with E-state index in [2.05, 4.69) is 9.71 Å². The van der Waals surface area contributed by atoms with E-state index in [4.69, 9.17) is 5.73 Å². The summed E-state index contributed by atoms with van der Waals surface area (Å²) in [6.07, 6.45) is 3.40. The molecule has 0 amide bonds. The monoisotopic (exact) mass is 257 g/mol. The molecule has 94 valence electrons. The number of nitrogen functional groups attached to an aromatic ring is 1. The van der Waals surface area contributed by atoms with E-state index in [-0.39, 0.29) is 17.3 Å². The average Bonchev–Trinajstić information content (AvgIpc) is 2.24. The van der Waals surface area contributed by atoms with Crippen LogP contribution in [0, 0.1) is 0 Å². The Morgan fingerprint density at radius 1 is 1.47 bits per heavy atom. The second kappa shape index (κ2) is 4.25.